The zero-order valence-corrected chi connectivity index (χ0v) is 13.2. The molecule has 0 spiro atoms. The highest BCUT2D eigenvalue weighted by Gasteiger charge is 2.08. The average Bonchev–Trinajstić information content (AvgIpc) is 2.93. The summed E-state index contributed by atoms with van der Waals surface area (Å²) in [7, 11) is 1.92. The van der Waals surface area contributed by atoms with Gasteiger partial charge in [0.2, 0.25) is 0 Å². The molecule has 2 rings (SSSR count). The number of aryl methyl sites for hydroxylation is 1. The first-order valence-electron chi connectivity index (χ1n) is 7.02. The number of benzene rings is 1. The van der Waals surface area contributed by atoms with Gasteiger partial charge in [-0.1, -0.05) is 31.2 Å². The molecule has 0 bridgehead atoms. The van der Waals surface area contributed by atoms with Gasteiger partial charge in [-0.25, -0.2) is 4.98 Å². The molecule has 1 aromatic carbocycles. The van der Waals surface area contributed by atoms with Crippen molar-refractivity contribution in [1.82, 2.24) is 9.88 Å². The molecule has 1 N–H and O–H groups in total. The minimum Gasteiger partial charge on any atom is -0.481 e. The van der Waals surface area contributed by atoms with Crippen LogP contribution in [0, 0.1) is 0 Å². The lowest BCUT2D eigenvalue weighted by atomic mass is 10.1. The number of carboxylic acid groups (broad SMARTS) is 1. The van der Waals surface area contributed by atoms with Crippen LogP contribution in [-0.4, -0.2) is 34.6 Å². The van der Waals surface area contributed by atoms with Crippen LogP contribution in [0.3, 0.4) is 0 Å². The van der Waals surface area contributed by atoms with Crippen molar-refractivity contribution >= 4 is 17.3 Å². The Morgan fingerprint density at radius 3 is 2.67 bits per heavy atom. The Balaban J connectivity index is 1.98. The van der Waals surface area contributed by atoms with Gasteiger partial charge in [-0.15, -0.1) is 11.3 Å². The van der Waals surface area contributed by atoms with E-state index >= 15 is 0 Å². The number of thiazole rings is 1. The maximum Gasteiger partial charge on any atom is 0.304 e. The molecule has 1 heterocycles. The van der Waals surface area contributed by atoms with Crippen LogP contribution in [0.5, 0.6) is 0 Å². The molecule has 0 atom stereocenters. The van der Waals surface area contributed by atoms with Gasteiger partial charge in [-0.05, 0) is 19.0 Å². The van der Waals surface area contributed by atoms with E-state index < -0.39 is 5.97 Å². The fourth-order valence-electron chi connectivity index (χ4n) is 2.02. The molecule has 21 heavy (non-hydrogen) atoms. The normalized spacial score (nSPS) is 11.0. The van der Waals surface area contributed by atoms with E-state index in [0.29, 0.717) is 13.1 Å². The van der Waals surface area contributed by atoms with E-state index in [0.717, 1.165) is 22.7 Å². The number of carboxylic acids is 1. The van der Waals surface area contributed by atoms with E-state index in [-0.39, 0.29) is 6.42 Å². The summed E-state index contributed by atoms with van der Waals surface area (Å²) in [4.78, 5) is 17.2. The SMILES string of the molecule is CCc1ccc(-c2csc(CN(C)CCC(=O)O)n2)cc1. The van der Waals surface area contributed by atoms with Crippen molar-refractivity contribution in [1.29, 1.82) is 0 Å². The van der Waals surface area contributed by atoms with Gasteiger partial charge in [0.05, 0.1) is 18.7 Å². The maximum absolute atomic E-state index is 10.6. The summed E-state index contributed by atoms with van der Waals surface area (Å²) in [5.41, 5.74) is 3.44. The molecule has 112 valence electrons. The van der Waals surface area contributed by atoms with Gasteiger partial charge in [0.25, 0.3) is 0 Å². The minimum absolute atomic E-state index is 0.160. The van der Waals surface area contributed by atoms with Crippen molar-refractivity contribution in [3.63, 3.8) is 0 Å². The summed E-state index contributed by atoms with van der Waals surface area (Å²) in [5.74, 6) is -0.766. The van der Waals surface area contributed by atoms with E-state index in [1.807, 2.05) is 11.9 Å². The van der Waals surface area contributed by atoms with Gasteiger partial charge < -0.3 is 5.11 Å². The molecule has 0 saturated carbocycles. The third-order valence-corrected chi connectivity index (χ3v) is 4.16. The lowest BCUT2D eigenvalue weighted by Gasteiger charge is -2.12. The Hall–Kier alpha value is -1.72. The summed E-state index contributed by atoms with van der Waals surface area (Å²) in [5, 5.41) is 11.8. The van der Waals surface area contributed by atoms with Crippen LogP contribution in [0.25, 0.3) is 11.3 Å². The number of aromatic nitrogens is 1. The molecule has 0 fully saturated rings. The van der Waals surface area contributed by atoms with Crippen LogP contribution in [0.4, 0.5) is 0 Å². The molecule has 5 heteroatoms. The van der Waals surface area contributed by atoms with Crippen molar-refractivity contribution in [3.8, 4) is 11.3 Å². The standard InChI is InChI=1S/C16H20N2O2S/c1-3-12-4-6-13(7-5-12)14-11-21-15(17-14)10-18(2)9-8-16(19)20/h4-7,11H,3,8-10H2,1-2H3,(H,19,20). The first kappa shape index (κ1) is 15.7. The van der Waals surface area contributed by atoms with Gasteiger partial charge in [0, 0.05) is 17.5 Å². The fraction of sp³-hybridized carbons (Fsp3) is 0.375. The van der Waals surface area contributed by atoms with Crippen LogP contribution >= 0.6 is 11.3 Å². The largest absolute Gasteiger partial charge is 0.481 e. The van der Waals surface area contributed by atoms with Gasteiger partial charge in [0.15, 0.2) is 0 Å². The van der Waals surface area contributed by atoms with Crippen LogP contribution in [0.2, 0.25) is 0 Å². The number of hydrogen-bond acceptors (Lipinski definition) is 4. The fourth-order valence-corrected chi connectivity index (χ4v) is 2.91. The number of hydrogen-bond donors (Lipinski definition) is 1. The summed E-state index contributed by atoms with van der Waals surface area (Å²) in [6.07, 6.45) is 1.20. The van der Waals surface area contributed by atoms with Crippen LogP contribution in [0.15, 0.2) is 29.6 Å². The molecule has 4 nitrogen and oxygen atoms in total. The number of nitrogens with zero attached hydrogens (tertiary/aromatic N) is 2. The molecule has 0 unspecified atom stereocenters. The molecule has 0 amide bonds. The summed E-state index contributed by atoms with van der Waals surface area (Å²) in [6.45, 7) is 3.36. The molecule has 0 aliphatic heterocycles. The van der Waals surface area contributed by atoms with E-state index in [1.54, 1.807) is 11.3 Å². The van der Waals surface area contributed by atoms with E-state index in [4.69, 9.17) is 5.11 Å². The Morgan fingerprint density at radius 1 is 1.33 bits per heavy atom. The second-order valence-electron chi connectivity index (χ2n) is 5.06. The van der Waals surface area contributed by atoms with Crippen molar-refractivity contribution in [2.75, 3.05) is 13.6 Å². The third kappa shape index (κ3) is 4.65. The third-order valence-electron chi connectivity index (χ3n) is 3.32. The first-order valence-corrected chi connectivity index (χ1v) is 7.90. The highest BCUT2D eigenvalue weighted by molar-refractivity contribution is 7.09. The van der Waals surface area contributed by atoms with Crippen LogP contribution in [0.1, 0.15) is 23.9 Å². The molecule has 0 radical (unpaired) electrons. The Kier molecular flexibility index (Phi) is 5.47. The lowest BCUT2D eigenvalue weighted by Crippen LogP contribution is -2.21. The minimum atomic E-state index is -0.766. The Labute approximate surface area is 129 Å². The molecular weight excluding hydrogens is 284 g/mol. The Morgan fingerprint density at radius 2 is 2.05 bits per heavy atom. The van der Waals surface area contributed by atoms with Gasteiger partial charge in [0.1, 0.15) is 5.01 Å². The van der Waals surface area contributed by atoms with E-state index in [2.05, 4.69) is 41.6 Å². The van der Waals surface area contributed by atoms with Crippen molar-refractivity contribution in [3.05, 3.63) is 40.2 Å². The van der Waals surface area contributed by atoms with Crippen molar-refractivity contribution < 1.29 is 9.90 Å². The van der Waals surface area contributed by atoms with E-state index in [1.165, 1.54) is 5.56 Å². The average molecular weight is 304 g/mol. The summed E-state index contributed by atoms with van der Waals surface area (Å²) < 4.78 is 0. The van der Waals surface area contributed by atoms with E-state index in [9.17, 15) is 4.79 Å². The molecule has 1 aromatic heterocycles. The quantitative estimate of drug-likeness (QED) is 0.853. The highest BCUT2D eigenvalue weighted by Crippen LogP contribution is 2.23. The summed E-state index contributed by atoms with van der Waals surface area (Å²) in [6, 6.07) is 8.47. The zero-order valence-electron chi connectivity index (χ0n) is 12.4. The lowest BCUT2D eigenvalue weighted by molar-refractivity contribution is -0.137. The molecule has 0 saturated heterocycles. The predicted molar refractivity (Wildman–Crippen MR) is 85.5 cm³/mol. The maximum atomic E-state index is 10.6. The van der Waals surface area contributed by atoms with Crippen molar-refractivity contribution in [2.24, 2.45) is 0 Å². The molecule has 0 aliphatic carbocycles. The van der Waals surface area contributed by atoms with Gasteiger partial charge >= 0.3 is 5.97 Å². The number of carbonyl (C=O) groups is 1. The smallest absolute Gasteiger partial charge is 0.304 e. The summed E-state index contributed by atoms with van der Waals surface area (Å²) >= 11 is 1.62. The highest BCUT2D eigenvalue weighted by atomic mass is 32.1. The predicted octanol–water partition coefficient (Wildman–Crippen LogP) is 3.28. The van der Waals surface area contributed by atoms with Gasteiger partial charge in [-0.3, -0.25) is 9.69 Å². The topological polar surface area (TPSA) is 53.4 Å². The van der Waals surface area contributed by atoms with Gasteiger partial charge in [-0.2, -0.15) is 0 Å². The molecule has 0 aliphatic rings. The van der Waals surface area contributed by atoms with Crippen molar-refractivity contribution in [2.45, 2.75) is 26.3 Å². The second-order valence-corrected chi connectivity index (χ2v) is 6.00. The van der Waals surface area contributed by atoms with Crippen LogP contribution in [-0.2, 0) is 17.8 Å². The monoisotopic (exact) mass is 304 g/mol. The number of rotatable bonds is 7. The number of aliphatic carboxylic acids is 1. The Bertz CT molecular complexity index is 593. The zero-order chi connectivity index (χ0) is 15.2. The van der Waals surface area contributed by atoms with Crippen LogP contribution < -0.4 is 0 Å². The first-order chi connectivity index (χ1) is 10.1. The molecular formula is C16H20N2O2S. The second kappa shape index (κ2) is 7.33. The molecule has 2 aromatic rings.